The molecule has 1 aromatic rings. The van der Waals surface area contributed by atoms with Gasteiger partial charge in [-0.3, -0.25) is 20.2 Å². The van der Waals surface area contributed by atoms with E-state index in [-0.39, 0.29) is 51.4 Å². The van der Waals surface area contributed by atoms with Gasteiger partial charge in [0.1, 0.15) is 15.1 Å². The number of rotatable bonds is 3. The van der Waals surface area contributed by atoms with Crippen LogP contribution in [0.1, 0.15) is 0 Å². The zero-order chi connectivity index (χ0) is 13.4. The molecule has 0 saturated carbocycles. The van der Waals surface area contributed by atoms with Crippen LogP contribution in [0.2, 0.25) is 5.02 Å². The number of hydrogen-bond acceptors (Lipinski definition) is 7. The molecule has 0 bridgehead atoms. The summed E-state index contributed by atoms with van der Waals surface area (Å²) in [5.41, 5.74) is -2.22. The van der Waals surface area contributed by atoms with E-state index in [2.05, 4.69) is 0 Å². The van der Waals surface area contributed by atoms with E-state index in [1.807, 2.05) is 0 Å². The first kappa shape index (κ1) is 17.9. The maximum Gasteiger partial charge on any atom is 1.00 e. The third kappa shape index (κ3) is 3.68. The quantitative estimate of drug-likeness (QED) is 0.273. The first-order valence-electron chi connectivity index (χ1n) is 3.73. The van der Waals surface area contributed by atoms with Crippen LogP contribution in [0, 0.1) is 20.2 Å². The molecule has 1 aromatic carbocycles. The van der Waals surface area contributed by atoms with Gasteiger partial charge in [-0.25, -0.2) is 8.42 Å². The Bertz CT molecular complexity index is 617. The summed E-state index contributed by atoms with van der Waals surface area (Å²) in [7, 11) is -5.04. The molecular weight excluding hydrogens is 319 g/mol. The van der Waals surface area contributed by atoms with Crippen LogP contribution in [0.5, 0.6) is 0 Å². The van der Waals surface area contributed by atoms with Crippen molar-refractivity contribution in [2.75, 3.05) is 0 Å². The maximum absolute atomic E-state index is 10.7. The van der Waals surface area contributed by atoms with Gasteiger partial charge >= 0.3 is 62.8 Å². The fourth-order valence-electron chi connectivity index (χ4n) is 1.05. The molecule has 0 saturated heterocycles. The second-order valence-corrected chi connectivity index (χ2v) is 4.44. The average molecular weight is 321 g/mol. The van der Waals surface area contributed by atoms with E-state index >= 15 is 0 Å². The number of nitrogens with zero attached hydrogens (tertiary/aromatic N) is 2. The van der Waals surface area contributed by atoms with E-state index in [1.165, 1.54) is 0 Å². The second kappa shape index (κ2) is 6.34. The molecule has 0 aliphatic carbocycles. The third-order valence-corrected chi connectivity index (χ3v) is 3.08. The van der Waals surface area contributed by atoms with Crippen molar-refractivity contribution in [3.8, 4) is 0 Å². The predicted octanol–water partition coefficient (Wildman–Crippen LogP) is -1.94. The summed E-state index contributed by atoms with van der Waals surface area (Å²) < 4.78 is 32.0. The first-order chi connectivity index (χ1) is 7.66. The summed E-state index contributed by atoms with van der Waals surface area (Å²) in [4.78, 5) is 17.6. The van der Waals surface area contributed by atoms with Crippen LogP contribution in [0.15, 0.2) is 17.0 Å². The monoisotopic (exact) mass is 320 g/mol. The third-order valence-electron chi connectivity index (χ3n) is 1.71. The summed E-state index contributed by atoms with van der Waals surface area (Å²) in [6.07, 6.45) is 0. The molecule has 0 radical (unpaired) electrons. The topological polar surface area (TPSA) is 143 Å². The Hall–Kier alpha value is -0.144. The smallest absolute Gasteiger partial charge is 0.744 e. The van der Waals surface area contributed by atoms with Gasteiger partial charge in [0.15, 0.2) is 0 Å². The molecule has 0 aliphatic heterocycles. The molecule has 0 fully saturated rings. The van der Waals surface area contributed by atoms with Crippen molar-refractivity contribution >= 4 is 33.1 Å². The van der Waals surface area contributed by atoms with Gasteiger partial charge in [-0.15, -0.1) is 0 Å². The van der Waals surface area contributed by atoms with Crippen molar-refractivity contribution in [1.29, 1.82) is 0 Å². The van der Waals surface area contributed by atoms with E-state index in [0.29, 0.717) is 12.1 Å². The van der Waals surface area contributed by atoms with Gasteiger partial charge in [-0.2, -0.15) is 0 Å². The Labute approximate surface area is 148 Å². The SMILES string of the molecule is O=[N+]([O-])c1ccc(S(=O)(=O)[O-])c(Cl)c1[N+](=O)[O-].[K+]. The Morgan fingerprint density at radius 2 is 1.61 bits per heavy atom. The molecule has 0 aliphatic rings. The van der Waals surface area contributed by atoms with Gasteiger partial charge in [-0.1, -0.05) is 11.6 Å². The summed E-state index contributed by atoms with van der Waals surface area (Å²) in [6.45, 7) is 0. The minimum Gasteiger partial charge on any atom is -0.744 e. The summed E-state index contributed by atoms with van der Waals surface area (Å²) in [5.74, 6) is 0. The van der Waals surface area contributed by atoms with Gasteiger partial charge < -0.3 is 4.55 Å². The number of nitro groups is 2. The Kier molecular flexibility index (Phi) is 6.29. The molecule has 0 heterocycles. The predicted molar refractivity (Wildman–Crippen MR) is 52.7 cm³/mol. The second-order valence-electron chi connectivity index (χ2n) is 2.71. The molecular formula is C6H2ClKN2O7S. The van der Waals surface area contributed by atoms with Crippen LogP contribution < -0.4 is 51.4 Å². The minimum absolute atomic E-state index is 0. The van der Waals surface area contributed by atoms with Gasteiger partial charge in [-0.05, 0) is 6.07 Å². The van der Waals surface area contributed by atoms with Gasteiger partial charge in [0.05, 0.1) is 14.7 Å². The number of halogens is 1. The summed E-state index contributed by atoms with van der Waals surface area (Å²) in [6, 6.07) is 1.09. The van der Waals surface area contributed by atoms with Crippen molar-refractivity contribution in [3.63, 3.8) is 0 Å². The van der Waals surface area contributed by atoms with Crippen LogP contribution in [0.25, 0.3) is 0 Å². The fraction of sp³-hybridized carbons (Fsp3) is 0. The van der Waals surface area contributed by atoms with Crippen LogP contribution in [0.3, 0.4) is 0 Å². The van der Waals surface area contributed by atoms with Crippen LogP contribution in [-0.2, 0) is 10.1 Å². The standard InChI is InChI=1S/C6H3ClN2O7S.K/c7-5-4(17(14,15)16)2-1-3(8(10)11)6(5)9(12)13;/h1-2H,(H,14,15,16);/q;+1/p-1. The molecule has 0 N–H and O–H groups in total. The van der Waals surface area contributed by atoms with Crippen LogP contribution >= 0.6 is 11.6 Å². The van der Waals surface area contributed by atoms with Crippen molar-refractivity contribution in [2.45, 2.75) is 4.90 Å². The molecule has 12 heteroatoms. The number of nitro benzene ring substituents is 2. The van der Waals surface area contributed by atoms with E-state index in [0.717, 1.165) is 0 Å². The van der Waals surface area contributed by atoms with Crippen LogP contribution in [0.4, 0.5) is 11.4 Å². The molecule has 0 amide bonds. The average Bonchev–Trinajstić information content (AvgIpc) is 2.13. The molecule has 0 spiro atoms. The van der Waals surface area contributed by atoms with E-state index < -0.39 is 41.3 Å². The zero-order valence-corrected chi connectivity index (χ0v) is 13.4. The molecule has 0 atom stereocenters. The van der Waals surface area contributed by atoms with Crippen molar-refractivity contribution in [3.05, 3.63) is 37.4 Å². The molecule has 0 unspecified atom stereocenters. The van der Waals surface area contributed by atoms with Crippen molar-refractivity contribution in [2.24, 2.45) is 0 Å². The summed E-state index contributed by atoms with van der Waals surface area (Å²) >= 11 is 5.31. The first-order valence-corrected chi connectivity index (χ1v) is 5.52. The fourth-order valence-corrected chi connectivity index (χ4v) is 2.11. The zero-order valence-electron chi connectivity index (χ0n) is 8.69. The van der Waals surface area contributed by atoms with Crippen LogP contribution in [-0.4, -0.2) is 22.8 Å². The van der Waals surface area contributed by atoms with Gasteiger partial charge in [0, 0.05) is 6.07 Å². The maximum atomic E-state index is 10.7. The largest absolute Gasteiger partial charge is 1.00 e. The van der Waals surface area contributed by atoms with Crippen molar-refractivity contribution < 1.29 is 74.2 Å². The molecule has 0 aromatic heterocycles. The van der Waals surface area contributed by atoms with Gasteiger partial charge in [0.2, 0.25) is 0 Å². The number of hydrogen-bond donors (Lipinski definition) is 0. The Morgan fingerprint density at radius 3 is 1.94 bits per heavy atom. The molecule has 92 valence electrons. The van der Waals surface area contributed by atoms with Gasteiger partial charge in [0.25, 0.3) is 0 Å². The Balaban J connectivity index is 0.00000289. The normalized spacial score (nSPS) is 10.6. The molecule has 18 heavy (non-hydrogen) atoms. The van der Waals surface area contributed by atoms with Crippen molar-refractivity contribution in [1.82, 2.24) is 0 Å². The molecule has 1 rings (SSSR count). The van der Waals surface area contributed by atoms with E-state index in [9.17, 15) is 33.2 Å². The number of benzene rings is 1. The van der Waals surface area contributed by atoms with E-state index in [1.54, 1.807) is 0 Å². The minimum atomic E-state index is -5.04. The molecule has 9 nitrogen and oxygen atoms in total. The summed E-state index contributed by atoms with van der Waals surface area (Å²) in [5, 5.41) is 19.9. The Morgan fingerprint density at radius 1 is 1.11 bits per heavy atom. The van der Waals surface area contributed by atoms with E-state index in [4.69, 9.17) is 11.6 Å².